The third-order valence-corrected chi connectivity index (χ3v) is 2.24. The minimum absolute atomic E-state index is 0.302. The molecule has 3 aromatic rings. The van der Waals surface area contributed by atoms with Crippen LogP contribution >= 0.6 is 0 Å². The molecule has 3 rings (SSSR count). The van der Waals surface area contributed by atoms with E-state index in [0.29, 0.717) is 35.5 Å². The third kappa shape index (κ3) is 1.74. The van der Waals surface area contributed by atoms with Gasteiger partial charge in [-0.3, -0.25) is 0 Å². The van der Waals surface area contributed by atoms with Gasteiger partial charge in [-0.2, -0.15) is 4.98 Å². The fourth-order valence-electron chi connectivity index (χ4n) is 1.43. The normalized spacial score (nSPS) is 10.9. The van der Waals surface area contributed by atoms with Crippen LogP contribution in [0.15, 0.2) is 43.9 Å². The molecule has 0 radical (unpaired) electrons. The lowest BCUT2D eigenvalue weighted by Gasteiger charge is -1.87. The van der Waals surface area contributed by atoms with Crippen molar-refractivity contribution in [1.29, 1.82) is 0 Å². The summed E-state index contributed by atoms with van der Waals surface area (Å²) in [4.78, 5) is 4.16. The summed E-state index contributed by atoms with van der Waals surface area (Å²) in [6.45, 7) is 0.333. The summed E-state index contributed by atoms with van der Waals surface area (Å²) in [6, 6.07) is 7.01. The highest BCUT2D eigenvalue weighted by atomic mass is 16.5. The summed E-state index contributed by atoms with van der Waals surface area (Å²) < 4.78 is 15.6. The first-order chi connectivity index (χ1) is 8.36. The van der Waals surface area contributed by atoms with Gasteiger partial charge in [-0.1, -0.05) is 5.16 Å². The maximum Gasteiger partial charge on any atom is 0.294 e. The first-order valence-corrected chi connectivity index (χ1v) is 5.03. The Morgan fingerprint density at radius 1 is 1.18 bits per heavy atom. The van der Waals surface area contributed by atoms with Crippen molar-refractivity contribution in [3.8, 4) is 23.2 Å². The summed E-state index contributed by atoms with van der Waals surface area (Å²) in [5, 5.41) is 3.80. The van der Waals surface area contributed by atoms with Crippen LogP contribution in [0, 0.1) is 0 Å². The molecule has 0 saturated heterocycles. The molecular weight excluding hydrogens is 222 g/mol. The lowest BCUT2D eigenvalue weighted by Crippen LogP contribution is -1.92. The van der Waals surface area contributed by atoms with E-state index in [1.807, 2.05) is 0 Å². The lowest BCUT2D eigenvalue weighted by atomic mass is 10.4. The second kappa shape index (κ2) is 3.91. The molecule has 0 aliphatic carbocycles. The highest BCUT2D eigenvalue weighted by Crippen LogP contribution is 2.23. The lowest BCUT2D eigenvalue weighted by molar-refractivity contribution is 0.410. The minimum Gasteiger partial charge on any atom is -0.461 e. The molecule has 0 aromatic carbocycles. The molecule has 17 heavy (non-hydrogen) atoms. The monoisotopic (exact) mass is 231 g/mol. The van der Waals surface area contributed by atoms with E-state index in [4.69, 9.17) is 19.1 Å². The molecule has 0 atom stereocenters. The van der Waals surface area contributed by atoms with Gasteiger partial charge in [0.15, 0.2) is 11.5 Å². The summed E-state index contributed by atoms with van der Waals surface area (Å²) in [5.41, 5.74) is 5.45. The Kier molecular flexibility index (Phi) is 2.27. The number of hydrogen-bond donors (Lipinski definition) is 1. The molecule has 0 aliphatic heterocycles. The number of nitrogens with zero attached hydrogens (tertiary/aromatic N) is 2. The molecule has 3 heterocycles. The van der Waals surface area contributed by atoms with Crippen LogP contribution in [-0.2, 0) is 6.54 Å². The Morgan fingerprint density at radius 2 is 2.12 bits per heavy atom. The molecule has 6 heteroatoms. The third-order valence-electron chi connectivity index (χ3n) is 2.24. The average molecular weight is 231 g/mol. The molecule has 2 N–H and O–H groups in total. The Labute approximate surface area is 96.0 Å². The largest absolute Gasteiger partial charge is 0.461 e. The van der Waals surface area contributed by atoms with Crippen LogP contribution in [0.1, 0.15) is 5.76 Å². The zero-order valence-electron chi connectivity index (χ0n) is 8.79. The molecule has 6 nitrogen and oxygen atoms in total. The number of furan rings is 2. The van der Waals surface area contributed by atoms with Crippen molar-refractivity contribution in [3.63, 3.8) is 0 Å². The predicted octanol–water partition coefficient (Wildman–Crippen LogP) is 2.05. The van der Waals surface area contributed by atoms with Crippen LogP contribution in [-0.4, -0.2) is 10.1 Å². The van der Waals surface area contributed by atoms with Crippen molar-refractivity contribution < 1.29 is 13.4 Å². The molecule has 0 amide bonds. The van der Waals surface area contributed by atoms with E-state index in [0.717, 1.165) is 0 Å². The van der Waals surface area contributed by atoms with Gasteiger partial charge in [-0.05, 0) is 24.3 Å². The van der Waals surface area contributed by atoms with Crippen molar-refractivity contribution in [2.24, 2.45) is 5.73 Å². The van der Waals surface area contributed by atoms with Crippen molar-refractivity contribution in [1.82, 2.24) is 10.1 Å². The molecular formula is C11H9N3O3. The molecule has 0 saturated carbocycles. The first kappa shape index (κ1) is 9.86. The molecule has 0 aliphatic rings. The number of hydrogen-bond acceptors (Lipinski definition) is 6. The van der Waals surface area contributed by atoms with Crippen LogP contribution in [0.3, 0.4) is 0 Å². The first-order valence-electron chi connectivity index (χ1n) is 5.03. The summed E-state index contributed by atoms with van der Waals surface area (Å²) in [5.74, 6) is 2.39. The van der Waals surface area contributed by atoms with Gasteiger partial charge in [0.2, 0.25) is 5.82 Å². The van der Waals surface area contributed by atoms with E-state index >= 15 is 0 Å². The average Bonchev–Trinajstić information content (AvgIpc) is 3.09. The molecule has 86 valence electrons. The number of nitrogens with two attached hydrogens (primary N) is 1. The summed E-state index contributed by atoms with van der Waals surface area (Å²) >= 11 is 0. The van der Waals surface area contributed by atoms with Gasteiger partial charge in [0, 0.05) is 0 Å². The van der Waals surface area contributed by atoms with Crippen molar-refractivity contribution in [2.45, 2.75) is 6.54 Å². The summed E-state index contributed by atoms with van der Waals surface area (Å²) in [7, 11) is 0. The minimum atomic E-state index is 0.302. The van der Waals surface area contributed by atoms with Gasteiger partial charge in [-0.15, -0.1) is 0 Å². The Bertz CT molecular complexity index is 609. The van der Waals surface area contributed by atoms with E-state index in [9.17, 15) is 0 Å². The second-order valence-corrected chi connectivity index (χ2v) is 3.37. The van der Waals surface area contributed by atoms with E-state index in [-0.39, 0.29) is 0 Å². The standard InChI is InChI=1S/C11H9N3O3/c12-6-7-3-4-9(16-7)11-13-10(14-17-11)8-2-1-5-15-8/h1-5H,6,12H2. The van der Waals surface area contributed by atoms with Gasteiger partial charge in [-0.25, -0.2) is 0 Å². The van der Waals surface area contributed by atoms with Gasteiger partial charge >= 0.3 is 0 Å². The fourth-order valence-corrected chi connectivity index (χ4v) is 1.43. The Balaban J connectivity index is 1.94. The highest BCUT2D eigenvalue weighted by Gasteiger charge is 2.15. The molecule has 0 unspecified atom stereocenters. The van der Waals surface area contributed by atoms with Crippen LogP contribution in [0.25, 0.3) is 23.2 Å². The van der Waals surface area contributed by atoms with E-state index in [1.54, 1.807) is 30.5 Å². The van der Waals surface area contributed by atoms with E-state index in [1.165, 1.54) is 0 Å². The highest BCUT2D eigenvalue weighted by molar-refractivity contribution is 5.51. The molecule has 3 aromatic heterocycles. The molecule has 0 spiro atoms. The van der Waals surface area contributed by atoms with Gasteiger partial charge in [0.25, 0.3) is 5.89 Å². The van der Waals surface area contributed by atoms with Gasteiger partial charge < -0.3 is 19.1 Å². The van der Waals surface area contributed by atoms with Crippen molar-refractivity contribution in [2.75, 3.05) is 0 Å². The van der Waals surface area contributed by atoms with E-state index < -0.39 is 0 Å². The van der Waals surface area contributed by atoms with Crippen molar-refractivity contribution in [3.05, 3.63) is 36.3 Å². The predicted molar refractivity (Wildman–Crippen MR) is 57.6 cm³/mol. The Hall–Kier alpha value is -2.34. The smallest absolute Gasteiger partial charge is 0.294 e. The molecule has 0 fully saturated rings. The van der Waals surface area contributed by atoms with Crippen molar-refractivity contribution >= 4 is 0 Å². The zero-order chi connectivity index (χ0) is 11.7. The quantitative estimate of drug-likeness (QED) is 0.741. The number of rotatable bonds is 3. The second-order valence-electron chi connectivity index (χ2n) is 3.37. The SMILES string of the molecule is NCc1ccc(-c2nc(-c3ccco3)no2)o1. The maximum absolute atomic E-state index is 5.45. The van der Waals surface area contributed by atoms with E-state index in [2.05, 4.69) is 10.1 Å². The topological polar surface area (TPSA) is 91.2 Å². The zero-order valence-corrected chi connectivity index (χ0v) is 8.79. The van der Waals surface area contributed by atoms with Gasteiger partial charge in [0.05, 0.1) is 12.8 Å². The van der Waals surface area contributed by atoms with Crippen LogP contribution in [0.4, 0.5) is 0 Å². The van der Waals surface area contributed by atoms with Gasteiger partial charge in [0.1, 0.15) is 5.76 Å². The fraction of sp³-hybridized carbons (Fsp3) is 0.0909. The number of aromatic nitrogens is 2. The Morgan fingerprint density at radius 3 is 2.82 bits per heavy atom. The maximum atomic E-state index is 5.45. The summed E-state index contributed by atoms with van der Waals surface area (Å²) in [6.07, 6.45) is 1.55. The van der Waals surface area contributed by atoms with Crippen LogP contribution in [0.5, 0.6) is 0 Å². The molecule has 0 bridgehead atoms. The van der Waals surface area contributed by atoms with Crippen LogP contribution < -0.4 is 5.73 Å². The van der Waals surface area contributed by atoms with Crippen LogP contribution in [0.2, 0.25) is 0 Å².